The van der Waals surface area contributed by atoms with Crippen molar-refractivity contribution in [2.24, 2.45) is 0 Å². The van der Waals surface area contributed by atoms with Gasteiger partial charge in [-0.2, -0.15) is 0 Å². The Hall–Kier alpha value is -3.26. The van der Waals surface area contributed by atoms with Crippen molar-refractivity contribution in [3.63, 3.8) is 0 Å². The number of carbonyl (C=O) groups excluding carboxylic acids is 2. The van der Waals surface area contributed by atoms with E-state index in [0.717, 1.165) is 31.8 Å². The second-order valence-corrected chi connectivity index (χ2v) is 8.46. The van der Waals surface area contributed by atoms with Gasteiger partial charge in [0.2, 0.25) is 0 Å². The molecule has 2 aromatic carbocycles. The Morgan fingerprint density at radius 1 is 1.03 bits per heavy atom. The normalized spacial score (nSPS) is 12.3. The average Bonchev–Trinajstić information content (AvgIpc) is 3.34. The van der Waals surface area contributed by atoms with Crippen molar-refractivity contribution in [1.29, 1.82) is 0 Å². The highest BCUT2D eigenvalue weighted by molar-refractivity contribution is 9.10. The maximum atomic E-state index is 13.1. The van der Waals surface area contributed by atoms with Gasteiger partial charge in [0.05, 0.1) is 17.7 Å². The molecule has 7 nitrogen and oxygen atoms in total. The van der Waals surface area contributed by atoms with Crippen LogP contribution in [-0.4, -0.2) is 34.6 Å². The fourth-order valence-corrected chi connectivity index (χ4v) is 3.95. The van der Waals surface area contributed by atoms with Crippen LogP contribution in [0.5, 0.6) is 0 Å². The first-order valence-corrected chi connectivity index (χ1v) is 10.8. The third-order valence-corrected chi connectivity index (χ3v) is 5.48. The van der Waals surface area contributed by atoms with Crippen molar-refractivity contribution < 1.29 is 14.3 Å². The summed E-state index contributed by atoms with van der Waals surface area (Å²) in [5.74, 6) is -0.229. The third kappa shape index (κ3) is 4.59. The van der Waals surface area contributed by atoms with Crippen LogP contribution in [0.1, 0.15) is 35.8 Å². The van der Waals surface area contributed by atoms with Crippen LogP contribution < -0.4 is 10.6 Å². The van der Waals surface area contributed by atoms with Crippen LogP contribution in [0, 0.1) is 0 Å². The Morgan fingerprint density at radius 3 is 2.61 bits per heavy atom. The van der Waals surface area contributed by atoms with Crippen molar-refractivity contribution in [2.75, 3.05) is 6.54 Å². The van der Waals surface area contributed by atoms with Crippen molar-refractivity contribution in [1.82, 2.24) is 20.6 Å². The van der Waals surface area contributed by atoms with Crippen LogP contribution in [0.15, 0.2) is 59.3 Å². The number of alkyl carbamates (subject to hydrolysis) is 1. The van der Waals surface area contributed by atoms with Crippen molar-refractivity contribution >= 4 is 49.7 Å². The lowest BCUT2D eigenvalue weighted by Crippen LogP contribution is -2.38. The predicted octanol–water partition coefficient (Wildman–Crippen LogP) is 5.02. The summed E-state index contributed by atoms with van der Waals surface area (Å²) in [6.07, 6.45) is 2.80. The zero-order valence-electron chi connectivity index (χ0n) is 17.2. The van der Waals surface area contributed by atoms with E-state index >= 15 is 0 Å². The number of amides is 2. The van der Waals surface area contributed by atoms with Gasteiger partial charge in [-0.15, -0.1) is 0 Å². The number of benzene rings is 2. The number of aromatic amines is 2. The number of hydrogen-bond acceptors (Lipinski definition) is 3. The third-order valence-electron chi connectivity index (χ3n) is 4.98. The second-order valence-electron chi connectivity index (χ2n) is 7.54. The molecule has 4 aromatic rings. The molecule has 2 amide bonds. The first kappa shape index (κ1) is 21.0. The lowest BCUT2D eigenvalue weighted by Gasteiger charge is -2.20. The number of ether oxygens (including phenoxy) is 1. The molecule has 2 heterocycles. The van der Waals surface area contributed by atoms with Gasteiger partial charge in [0.25, 0.3) is 5.91 Å². The van der Waals surface area contributed by atoms with E-state index in [4.69, 9.17) is 4.74 Å². The molecule has 8 heteroatoms. The summed E-state index contributed by atoms with van der Waals surface area (Å²) < 4.78 is 6.12. The van der Waals surface area contributed by atoms with Gasteiger partial charge in [0.15, 0.2) is 0 Å². The smallest absolute Gasteiger partial charge is 0.407 e. The van der Waals surface area contributed by atoms with E-state index in [9.17, 15) is 9.59 Å². The second kappa shape index (κ2) is 8.85. The SMILES string of the molecule is CC(C)OC(=O)NCC(NC(=O)c1c[nH]c2ccccc12)c1c[nH]c2cc(Br)ccc12. The van der Waals surface area contributed by atoms with Gasteiger partial charge in [-0.3, -0.25) is 4.79 Å². The first-order valence-electron chi connectivity index (χ1n) is 10.0. The summed E-state index contributed by atoms with van der Waals surface area (Å²) in [6, 6.07) is 13.1. The van der Waals surface area contributed by atoms with Crippen LogP contribution in [0.25, 0.3) is 21.8 Å². The molecule has 31 heavy (non-hydrogen) atoms. The zero-order chi connectivity index (χ0) is 22.0. The number of halogens is 1. The van der Waals surface area contributed by atoms with Crippen LogP contribution in [0.3, 0.4) is 0 Å². The zero-order valence-corrected chi connectivity index (χ0v) is 18.7. The standard InChI is InChI=1S/C23H23BrN4O3/c1-13(2)31-23(30)27-12-21(17-10-26-20-9-14(24)7-8-16(17)20)28-22(29)18-11-25-19-6-4-3-5-15(18)19/h3-11,13,21,25-26H,12H2,1-2H3,(H,27,30)(H,28,29). The van der Waals surface area contributed by atoms with E-state index in [1.807, 2.05) is 48.7 Å². The van der Waals surface area contributed by atoms with E-state index in [1.165, 1.54) is 0 Å². The Morgan fingerprint density at radius 2 is 1.81 bits per heavy atom. The molecule has 4 N–H and O–H groups in total. The summed E-state index contributed by atoms with van der Waals surface area (Å²) >= 11 is 3.47. The monoisotopic (exact) mass is 482 g/mol. The molecule has 0 aliphatic heterocycles. The van der Waals surface area contributed by atoms with E-state index < -0.39 is 12.1 Å². The molecule has 160 valence electrons. The molecule has 0 aliphatic carbocycles. The molecular formula is C23H23BrN4O3. The number of aromatic nitrogens is 2. The maximum absolute atomic E-state index is 13.1. The minimum atomic E-state index is -0.524. The van der Waals surface area contributed by atoms with Crippen LogP contribution in [-0.2, 0) is 4.74 Å². The Kier molecular flexibility index (Phi) is 5.99. The van der Waals surface area contributed by atoms with Gasteiger partial charge in [-0.1, -0.05) is 40.2 Å². The Balaban J connectivity index is 1.63. The summed E-state index contributed by atoms with van der Waals surface area (Å²) in [5.41, 5.74) is 3.24. The van der Waals surface area contributed by atoms with Gasteiger partial charge in [0.1, 0.15) is 0 Å². The van der Waals surface area contributed by atoms with Crippen LogP contribution in [0.2, 0.25) is 0 Å². The highest BCUT2D eigenvalue weighted by Crippen LogP contribution is 2.27. The summed E-state index contributed by atoms with van der Waals surface area (Å²) in [6.45, 7) is 3.75. The first-order chi connectivity index (χ1) is 14.9. The molecule has 0 radical (unpaired) electrons. The number of nitrogens with one attached hydrogen (secondary N) is 4. The van der Waals surface area contributed by atoms with Gasteiger partial charge in [0, 0.05) is 50.8 Å². The lowest BCUT2D eigenvalue weighted by atomic mass is 10.0. The number of hydrogen-bond donors (Lipinski definition) is 4. The summed E-state index contributed by atoms with van der Waals surface area (Å²) in [4.78, 5) is 31.6. The van der Waals surface area contributed by atoms with Crippen molar-refractivity contribution in [3.8, 4) is 0 Å². The largest absolute Gasteiger partial charge is 0.447 e. The van der Waals surface area contributed by atoms with E-state index in [2.05, 4.69) is 36.5 Å². The molecule has 0 saturated heterocycles. The Bertz CT molecular complexity index is 1240. The van der Waals surface area contributed by atoms with Gasteiger partial charge < -0.3 is 25.3 Å². The number of fused-ring (bicyclic) bond motifs is 2. The van der Waals surface area contributed by atoms with Crippen LogP contribution >= 0.6 is 15.9 Å². The molecule has 0 saturated carbocycles. The van der Waals surface area contributed by atoms with Crippen LogP contribution in [0.4, 0.5) is 4.79 Å². The minimum absolute atomic E-state index is 0.183. The average molecular weight is 483 g/mol. The highest BCUT2D eigenvalue weighted by atomic mass is 79.9. The number of rotatable bonds is 6. The molecule has 0 spiro atoms. The van der Waals surface area contributed by atoms with Gasteiger partial charge in [-0.05, 0) is 32.0 Å². The number of H-pyrrole nitrogens is 2. The molecule has 1 atom stereocenters. The summed E-state index contributed by atoms with van der Waals surface area (Å²) in [5, 5.41) is 7.63. The fraction of sp³-hybridized carbons (Fsp3) is 0.217. The molecular weight excluding hydrogens is 460 g/mol. The van der Waals surface area contributed by atoms with E-state index in [0.29, 0.717) is 5.56 Å². The quantitative estimate of drug-likeness (QED) is 0.310. The molecule has 0 bridgehead atoms. The maximum Gasteiger partial charge on any atom is 0.407 e. The Labute approximate surface area is 187 Å². The van der Waals surface area contributed by atoms with Gasteiger partial charge >= 0.3 is 6.09 Å². The number of para-hydroxylation sites is 1. The van der Waals surface area contributed by atoms with E-state index in [-0.39, 0.29) is 18.6 Å². The predicted molar refractivity (Wildman–Crippen MR) is 124 cm³/mol. The van der Waals surface area contributed by atoms with Gasteiger partial charge in [-0.25, -0.2) is 4.79 Å². The van der Waals surface area contributed by atoms with Crippen molar-refractivity contribution in [3.05, 3.63) is 70.5 Å². The van der Waals surface area contributed by atoms with E-state index in [1.54, 1.807) is 20.0 Å². The molecule has 4 rings (SSSR count). The topological polar surface area (TPSA) is 99.0 Å². The molecule has 0 fully saturated rings. The molecule has 0 aliphatic rings. The minimum Gasteiger partial charge on any atom is -0.447 e. The van der Waals surface area contributed by atoms with Crippen molar-refractivity contribution in [2.45, 2.75) is 26.0 Å². The molecule has 1 unspecified atom stereocenters. The lowest BCUT2D eigenvalue weighted by molar-refractivity contribution is 0.0929. The highest BCUT2D eigenvalue weighted by Gasteiger charge is 2.22. The number of carbonyl (C=O) groups is 2. The summed E-state index contributed by atoms with van der Waals surface area (Å²) in [7, 11) is 0. The molecule has 2 aromatic heterocycles. The fourth-order valence-electron chi connectivity index (χ4n) is 3.58.